The number of carbonyl (C=O) groups excluding carboxylic acids is 2. The van der Waals surface area contributed by atoms with Crippen molar-refractivity contribution < 1.29 is 19.5 Å². The van der Waals surface area contributed by atoms with Crippen molar-refractivity contribution in [3.63, 3.8) is 0 Å². The minimum absolute atomic E-state index is 0.0904. The van der Waals surface area contributed by atoms with Gasteiger partial charge in [0.2, 0.25) is 5.91 Å². The number of carboxylic acids is 1. The Kier molecular flexibility index (Phi) is 6.20. The van der Waals surface area contributed by atoms with Crippen molar-refractivity contribution in [2.24, 2.45) is 7.05 Å². The van der Waals surface area contributed by atoms with Crippen molar-refractivity contribution in [2.45, 2.75) is 26.7 Å². The van der Waals surface area contributed by atoms with E-state index in [0.29, 0.717) is 11.4 Å². The van der Waals surface area contributed by atoms with Gasteiger partial charge in [-0.25, -0.2) is 9.58 Å². The highest BCUT2D eigenvalue weighted by atomic mass is 16.4. The fourth-order valence-corrected chi connectivity index (χ4v) is 3.30. The first-order chi connectivity index (χ1) is 14.7. The first-order valence-corrected chi connectivity index (χ1v) is 9.72. The van der Waals surface area contributed by atoms with Crippen molar-refractivity contribution in [1.29, 1.82) is 0 Å². The number of aliphatic carboxylic acids is 1. The molecule has 0 radical (unpaired) electrons. The second kappa shape index (κ2) is 8.83. The molecule has 160 valence electrons. The third-order valence-corrected chi connectivity index (χ3v) is 5.05. The van der Waals surface area contributed by atoms with Crippen molar-refractivity contribution in [3.05, 3.63) is 81.8 Å². The van der Waals surface area contributed by atoms with Gasteiger partial charge in [-0.2, -0.15) is 0 Å². The van der Waals surface area contributed by atoms with Gasteiger partial charge in [-0.3, -0.25) is 23.9 Å². The molecule has 0 saturated carbocycles. The van der Waals surface area contributed by atoms with Gasteiger partial charge in [0.15, 0.2) is 0 Å². The van der Waals surface area contributed by atoms with Crippen LogP contribution in [0.2, 0.25) is 0 Å². The number of carbonyl (C=O) groups is 3. The van der Waals surface area contributed by atoms with E-state index in [9.17, 15) is 19.2 Å². The van der Waals surface area contributed by atoms with Crippen LogP contribution in [0.25, 0.3) is 5.69 Å². The highest BCUT2D eigenvalue weighted by Gasteiger charge is 2.32. The van der Waals surface area contributed by atoms with Gasteiger partial charge in [0.25, 0.3) is 11.5 Å². The predicted octanol–water partition coefficient (Wildman–Crippen LogP) is 2.83. The summed E-state index contributed by atoms with van der Waals surface area (Å²) in [7, 11) is 1.66. The van der Waals surface area contributed by atoms with E-state index in [1.165, 1.54) is 4.68 Å². The molecule has 0 bridgehead atoms. The molecule has 0 aliphatic rings. The van der Waals surface area contributed by atoms with Crippen molar-refractivity contribution in [3.8, 4) is 5.69 Å². The maximum absolute atomic E-state index is 13.4. The molecule has 0 aliphatic heterocycles. The number of hydrogen-bond donors (Lipinski definition) is 1. The molecule has 3 aromatic rings. The molecule has 0 fully saturated rings. The molecule has 1 heterocycles. The SMILES string of the molecule is Cc1ccc(C(=O)N(C(=O)CCC(=O)O)c2c(C)n(C)n(-c3ccccc3)c2=O)cc1. The Morgan fingerprint density at radius 3 is 2.13 bits per heavy atom. The maximum atomic E-state index is 13.4. The van der Waals surface area contributed by atoms with Crippen LogP contribution in [0.5, 0.6) is 0 Å². The van der Waals surface area contributed by atoms with Crippen LogP contribution < -0.4 is 10.5 Å². The average molecular weight is 421 g/mol. The summed E-state index contributed by atoms with van der Waals surface area (Å²) < 4.78 is 2.93. The zero-order valence-electron chi connectivity index (χ0n) is 17.5. The zero-order valence-corrected chi connectivity index (χ0v) is 17.5. The van der Waals surface area contributed by atoms with Crippen molar-refractivity contribution in [2.75, 3.05) is 4.90 Å². The standard InChI is InChI=1S/C23H23N3O5/c1-15-9-11-17(12-10-15)22(30)25(19(27)13-14-20(28)29)21-16(2)24(3)26(23(21)31)18-7-5-4-6-8-18/h4-12H,13-14H2,1-3H3,(H,28,29). The summed E-state index contributed by atoms with van der Waals surface area (Å²) in [6, 6.07) is 15.4. The van der Waals surface area contributed by atoms with E-state index in [-0.39, 0.29) is 11.3 Å². The van der Waals surface area contributed by atoms with Gasteiger partial charge in [-0.1, -0.05) is 35.9 Å². The number of nitrogens with zero attached hydrogens (tertiary/aromatic N) is 3. The maximum Gasteiger partial charge on any atom is 0.303 e. The molecular formula is C23H23N3O5. The molecule has 8 heteroatoms. The van der Waals surface area contributed by atoms with Crippen LogP contribution in [0.15, 0.2) is 59.4 Å². The molecule has 31 heavy (non-hydrogen) atoms. The third-order valence-electron chi connectivity index (χ3n) is 5.05. The molecule has 8 nitrogen and oxygen atoms in total. The molecule has 0 unspecified atom stereocenters. The molecule has 2 amide bonds. The minimum Gasteiger partial charge on any atom is -0.481 e. The lowest BCUT2D eigenvalue weighted by molar-refractivity contribution is -0.138. The van der Waals surface area contributed by atoms with Gasteiger partial charge in [-0.15, -0.1) is 0 Å². The number of amides is 2. The quantitative estimate of drug-likeness (QED) is 0.659. The summed E-state index contributed by atoms with van der Waals surface area (Å²) in [5.74, 6) is -2.59. The minimum atomic E-state index is -1.16. The lowest BCUT2D eigenvalue weighted by atomic mass is 10.1. The largest absolute Gasteiger partial charge is 0.481 e. The topological polar surface area (TPSA) is 102 Å². The van der Waals surface area contributed by atoms with Crippen molar-refractivity contribution in [1.82, 2.24) is 9.36 Å². The van der Waals surface area contributed by atoms with E-state index in [1.807, 2.05) is 13.0 Å². The van der Waals surface area contributed by atoms with Gasteiger partial charge in [0.1, 0.15) is 5.69 Å². The summed E-state index contributed by atoms with van der Waals surface area (Å²) in [5, 5.41) is 8.98. The first kappa shape index (κ1) is 21.8. The number of aromatic nitrogens is 2. The molecule has 0 saturated heterocycles. The van der Waals surface area contributed by atoms with E-state index in [1.54, 1.807) is 67.2 Å². The van der Waals surface area contributed by atoms with Crippen molar-refractivity contribution >= 4 is 23.5 Å². The lowest BCUT2D eigenvalue weighted by Gasteiger charge is -2.20. The summed E-state index contributed by atoms with van der Waals surface area (Å²) in [4.78, 5) is 51.4. The average Bonchev–Trinajstić information content (AvgIpc) is 2.97. The van der Waals surface area contributed by atoms with Crippen LogP contribution in [-0.4, -0.2) is 32.3 Å². The monoisotopic (exact) mass is 421 g/mol. The Morgan fingerprint density at radius 2 is 1.55 bits per heavy atom. The Balaban J connectivity index is 2.17. The van der Waals surface area contributed by atoms with Crippen LogP contribution in [-0.2, 0) is 16.6 Å². The molecule has 0 spiro atoms. The Morgan fingerprint density at radius 1 is 0.935 bits per heavy atom. The fraction of sp³-hybridized carbons (Fsp3) is 0.217. The van der Waals surface area contributed by atoms with E-state index in [4.69, 9.17) is 5.11 Å². The molecule has 0 aliphatic carbocycles. The highest BCUT2D eigenvalue weighted by Crippen LogP contribution is 2.22. The first-order valence-electron chi connectivity index (χ1n) is 9.72. The lowest BCUT2D eigenvalue weighted by Crippen LogP contribution is -2.40. The number of carboxylic acid groups (broad SMARTS) is 1. The Bertz CT molecular complexity index is 1190. The summed E-state index contributed by atoms with van der Waals surface area (Å²) in [5.41, 5.74) is 1.50. The van der Waals surface area contributed by atoms with Crippen LogP contribution in [0.1, 0.15) is 34.5 Å². The van der Waals surface area contributed by atoms with Crippen LogP contribution >= 0.6 is 0 Å². The number of anilines is 1. The van der Waals surface area contributed by atoms with Crippen LogP contribution in [0.4, 0.5) is 5.69 Å². The van der Waals surface area contributed by atoms with Gasteiger partial charge in [-0.05, 0) is 38.1 Å². The molecular weight excluding hydrogens is 398 g/mol. The number of imide groups is 1. The van der Waals surface area contributed by atoms with E-state index in [2.05, 4.69) is 0 Å². The second-order valence-corrected chi connectivity index (χ2v) is 7.20. The summed E-state index contributed by atoms with van der Waals surface area (Å²) in [6.07, 6.45) is -0.860. The number of para-hydroxylation sites is 1. The Hall–Kier alpha value is -3.94. The molecule has 2 aromatic carbocycles. The van der Waals surface area contributed by atoms with Gasteiger partial charge >= 0.3 is 5.97 Å². The van der Waals surface area contributed by atoms with Crippen LogP contribution in [0.3, 0.4) is 0 Å². The predicted molar refractivity (Wildman–Crippen MR) is 116 cm³/mol. The molecule has 0 atom stereocenters. The molecule has 1 aromatic heterocycles. The van der Waals surface area contributed by atoms with E-state index in [0.717, 1.165) is 10.5 Å². The smallest absolute Gasteiger partial charge is 0.303 e. The van der Waals surface area contributed by atoms with E-state index < -0.39 is 36.2 Å². The van der Waals surface area contributed by atoms with Gasteiger partial charge in [0, 0.05) is 19.0 Å². The third kappa shape index (κ3) is 4.32. The molecule has 1 N–H and O–H groups in total. The van der Waals surface area contributed by atoms with Gasteiger partial charge in [0.05, 0.1) is 17.8 Å². The van der Waals surface area contributed by atoms with Crippen LogP contribution in [0, 0.1) is 13.8 Å². The molecule has 3 rings (SSSR count). The van der Waals surface area contributed by atoms with E-state index >= 15 is 0 Å². The highest BCUT2D eigenvalue weighted by molar-refractivity contribution is 6.21. The number of aryl methyl sites for hydroxylation is 1. The summed E-state index contributed by atoms with van der Waals surface area (Å²) >= 11 is 0. The Labute approximate surface area is 178 Å². The normalized spacial score (nSPS) is 10.7. The van der Waals surface area contributed by atoms with Gasteiger partial charge < -0.3 is 5.11 Å². The number of rotatable bonds is 6. The number of benzene rings is 2. The zero-order chi connectivity index (χ0) is 22.7. The second-order valence-electron chi connectivity index (χ2n) is 7.20. The number of hydrogen-bond acceptors (Lipinski definition) is 4. The fourth-order valence-electron chi connectivity index (χ4n) is 3.30. The summed E-state index contributed by atoms with van der Waals surface area (Å²) in [6.45, 7) is 3.50.